The lowest BCUT2D eigenvalue weighted by Gasteiger charge is -2.11. The van der Waals surface area contributed by atoms with Crippen molar-refractivity contribution in [3.63, 3.8) is 0 Å². The Morgan fingerprint density at radius 1 is 1.33 bits per heavy atom. The number of aromatic nitrogens is 1. The van der Waals surface area contributed by atoms with E-state index in [1.165, 1.54) is 0 Å². The van der Waals surface area contributed by atoms with Crippen molar-refractivity contribution >= 4 is 11.6 Å². The summed E-state index contributed by atoms with van der Waals surface area (Å²) in [5, 5.41) is 3.70. The molecule has 0 saturated carbocycles. The average Bonchev–Trinajstić information content (AvgIpc) is 2.47. The zero-order valence-electron chi connectivity index (χ0n) is 12.1. The maximum Gasteiger partial charge on any atom is 0.256 e. The van der Waals surface area contributed by atoms with Gasteiger partial charge in [0.05, 0.1) is 0 Å². The highest BCUT2D eigenvalue weighted by Crippen LogP contribution is 2.29. The van der Waals surface area contributed by atoms with E-state index >= 15 is 0 Å². The van der Waals surface area contributed by atoms with Crippen LogP contribution in [0.3, 0.4) is 0 Å². The normalized spacial score (nSPS) is 10.7. The van der Waals surface area contributed by atoms with Crippen molar-refractivity contribution in [1.29, 1.82) is 0 Å². The molecule has 0 bridgehead atoms. The molecule has 0 amide bonds. The third-order valence-electron chi connectivity index (χ3n) is 3.04. The largest absolute Gasteiger partial charge is 0.436 e. The van der Waals surface area contributed by atoms with Crippen LogP contribution in [0.4, 0.5) is 4.39 Å². The lowest BCUT2D eigenvalue weighted by Crippen LogP contribution is -2.15. The van der Waals surface area contributed by atoms with Crippen LogP contribution in [-0.4, -0.2) is 11.5 Å². The van der Waals surface area contributed by atoms with Gasteiger partial charge >= 0.3 is 0 Å². The van der Waals surface area contributed by atoms with Crippen molar-refractivity contribution in [1.82, 2.24) is 10.3 Å². The highest BCUT2D eigenvalue weighted by molar-refractivity contribution is 6.30. The van der Waals surface area contributed by atoms with Gasteiger partial charge in [0.2, 0.25) is 0 Å². The molecule has 21 heavy (non-hydrogen) atoms. The fraction of sp³-hybridized carbons (Fsp3) is 0.312. The van der Waals surface area contributed by atoms with Crippen molar-refractivity contribution in [3.8, 4) is 11.6 Å². The fourth-order valence-electron chi connectivity index (χ4n) is 1.86. The van der Waals surface area contributed by atoms with E-state index in [0.717, 1.165) is 18.5 Å². The summed E-state index contributed by atoms with van der Waals surface area (Å²) in [6.45, 7) is 5.22. The highest BCUT2D eigenvalue weighted by atomic mass is 35.5. The van der Waals surface area contributed by atoms with Crippen LogP contribution < -0.4 is 10.1 Å². The minimum Gasteiger partial charge on any atom is -0.436 e. The van der Waals surface area contributed by atoms with Crippen molar-refractivity contribution in [2.24, 2.45) is 0 Å². The van der Waals surface area contributed by atoms with Crippen LogP contribution in [0.5, 0.6) is 11.6 Å². The minimum absolute atomic E-state index is 0.0313. The second-order valence-electron chi connectivity index (χ2n) is 4.78. The quantitative estimate of drug-likeness (QED) is 0.799. The van der Waals surface area contributed by atoms with Crippen LogP contribution >= 0.6 is 11.6 Å². The number of nitrogens with zero attached hydrogens (tertiary/aromatic N) is 1. The molecule has 1 N–H and O–H groups in total. The van der Waals surface area contributed by atoms with E-state index in [-0.39, 0.29) is 5.88 Å². The van der Waals surface area contributed by atoms with Gasteiger partial charge in [-0.25, -0.2) is 9.37 Å². The van der Waals surface area contributed by atoms with Crippen LogP contribution in [0.1, 0.15) is 24.5 Å². The first kappa shape index (κ1) is 15.7. The molecule has 0 saturated heterocycles. The van der Waals surface area contributed by atoms with Gasteiger partial charge in [0.1, 0.15) is 5.75 Å². The average molecular weight is 309 g/mol. The van der Waals surface area contributed by atoms with Gasteiger partial charge in [-0.2, -0.15) is 0 Å². The van der Waals surface area contributed by atoms with Gasteiger partial charge in [0.15, 0.2) is 5.82 Å². The Morgan fingerprint density at radius 2 is 2.14 bits per heavy atom. The van der Waals surface area contributed by atoms with Gasteiger partial charge in [0.25, 0.3) is 5.88 Å². The molecule has 2 aromatic rings. The molecule has 0 radical (unpaired) electrons. The fourth-order valence-corrected chi connectivity index (χ4v) is 2.02. The topological polar surface area (TPSA) is 34.2 Å². The van der Waals surface area contributed by atoms with E-state index in [9.17, 15) is 4.39 Å². The Kier molecular flexibility index (Phi) is 5.53. The molecule has 1 aromatic carbocycles. The minimum atomic E-state index is -0.444. The Labute approximate surface area is 129 Å². The SMILES string of the molecule is CCCNCc1ccnc(Oc2cc(Cl)ccc2C)c1F. The standard InChI is InChI=1S/C16H18ClFN2O/c1-3-7-19-10-12-6-8-20-16(15(12)18)21-14-9-13(17)5-4-11(14)2/h4-6,8-9,19H,3,7,10H2,1-2H3. The first-order valence-corrected chi connectivity index (χ1v) is 7.27. The van der Waals surface area contributed by atoms with E-state index in [2.05, 4.69) is 17.2 Å². The summed E-state index contributed by atoms with van der Waals surface area (Å²) in [5.74, 6) is 0.0317. The van der Waals surface area contributed by atoms with Crippen molar-refractivity contribution in [2.75, 3.05) is 6.54 Å². The second kappa shape index (κ2) is 7.38. The molecular formula is C16H18ClFN2O. The molecule has 1 aromatic heterocycles. The van der Waals surface area contributed by atoms with Crippen LogP contribution in [0.25, 0.3) is 0 Å². The van der Waals surface area contributed by atoms with Crippen molar-refractivity contribution in [3.05, 3.63) is 52.4 Å². The Morgan fingerprint density at radius 3 is 2.90 bits per heavy atom. The summed E-state index contributed by atoms with van der Waals surface area (Å²) in [5.41, 5.74) is 1.41. The molecule has 0 aliphatic carbocycles. The van der Waals surface area contributed by atoms with Gasteiger partial charge in [-0.1, -0.05) is 24.6 Å². The molecule has 112 valence electrons. The van der Waals surface area contributed by atoms with Gasteiger partial charge in [-0.3, -0.25) is 0 Å². The molecule has 0 spiro atoms. The number of aryl methyl sites for hydroxylation is 1. The maximum absolute atomic E-state index is 14.4. The summed E-state index contributed by atoms with van der Waals surface area (Å²) in [6, 6.07) is 6.89. The molecular weight excluding hydrogens is 291 g/mol. The summed E-state index contributed by atoms with van der Waals surface area (Å²) < 4.78 is 19.9. The molecule has 0 aliphatic heterocycles. The smallest absolute Gasteiger partial charge is 0.256 e. The van der Waals surface area contributed by atoms with E-state index < -0.39 is 5.82 Å². The number of pyridine rings is 1. The highest BCUT2D eigenvalue weighted by Gasteiger charge is 2.12. The first-order chi connectivity index (χ1) is 10.1. The molecule has 5 heteroatoms. The predicted octanol–water partition coefficient (Wildman–Crippen LogP) is 4.47. The van der Waals surface area contributed by atoms with E-state index in [1.807, 2.05) is 13.0 Å². The van der Waals surface area contributed by atoms with Crippen LogP contribution in [0.15, 0.2) is 30.5 Å². The molecule has 0 aliphatic rings. The second-order valence-corrected chi connectivity index (χ2v) is 5.21. The zero-order chi connectivity index (χ0) is 15.2. The van der Waals surface area contributed by atoms with E-state index in [1.54, 1.807) is 24.4 Å². The number of hydrogen-bond donors (Lipinski definition) is 1. The maximum atomic E-state index is 14.4. The van der Waals surface area contributed by atoms with Gasteiger partial charge in [0, 0.05) is 23.3 Å². The molecule has 0 atom stereocenters. The van der Waals surface area contributed by atoms with Gasteiger partial charge in [-0.05, 0) is 43.7 Å². The van der Waals surface area contributed by atoms with Crippen LogP contribution in [0.2, 0.25) is 5.02 Å². The Balaban J connectivity index is 2.20. The lowest BCUT2D eigenvalue weighted by atomic mass is 10.2. The van der Waals surface area contributed by atoms with Gasteiger partial charge in [-0.15, -0.1) is 0 Å². The summed E-state index contributed by atoms with van der Waals surface area (Å²) in [4.78, 5) is 3.97. The predicted molar refractivity (Wildman–Crippen MR) is 82.5 cm³/mol. The van der Waals surface area contributed by atoms with Gasteiger partial charge < -0.3 is 10.1 Å². The van der Waals surface area contributed by atoms with Crippen LogP contribution in [0, 0.1) is 12.7 Å². The first-order valence-electron chi connectivity index (χ1n) is 6.90. The molecule has 3 nitrogen and oxygen atoms in total. The molecule has 1 heterocycles. The van der Waals surface area contributed by atoms with E-state index in [4.69, 9.17) is 16.3 Å². The summed E-state index contributed by atoms with van der Waals surface area (Å²) in [7, 11) is 0. The lowest BCUT2D eigenvalue weighted by molar-refractivity contribution is 0.415. The number of benzene rings is 1. The molecule has 2 rings (SSSR count). The Bertz CT molecular complexity index is 619. The monoisotopic (exact) mass is 308 g/mol. The molecule has 0 unspecified atom stereocenters. The summed E-state index contributed by atoms with van der Waals surface area (Å²) >= 11 is 5.93. The van der Waals surface area contributed by atoms with Crippen molar-refractivity contribution in [2.45, 2.75) is 26.8 Å². The number of rotatable bonds is 6. The third-order valence-corrected chi connectivity index (χ3v) is 3.27. The van der Waals surface area contributed by atoms with Crippen LogP contribution in [-0.2, 0) is 6.54 Å². The molecule has 0 fully saturated rings. The number of nitrogens with one attached hydrogen (secondary N) is 1. The third kappa shape index (κ3) is 4.16. The Hall–Kier alpha value is -1.65. The summed E-state index contributed by atoms with van der Waals surface area (Å²) in [6.07, 6.45) is 2.54. The number of hydrogen-bond acceptors (Lipinski definition) is 3. The number of ether oxygens (including phenoxy) is 1. The van der Waals surface area contributed by atoms with E-state index in [0.29, 0.717) is 22.9 Å². The number of halogens is 2. The zero-order valence-corrected chi connectivity index (χ0v) is 12.9. The van der Waals surface area contributed by atoms with Crippen molar-refractivity contribution < 1.29 is 9.13 Å².